The second-order valence-electron chi connectivity index (χ2n) is 4.67. The number of carboxylic acids is 1. The van der Waals surface area contributed by atoms with Crippen molar-refractivity contribution < 1.29 is 19.1 Å². The molecule has 1 aliphatic rings. The molecule has 1 saturated carbocycles. The van der Waals surface area contributed by atoms with Crippen molar-refractivity contribution in [2.24, 2.45) is 0 Å². The Kier molecular flexibility index (Phi) is 4.43. The van der Waals surface area contributed by atoms with E-state index in [-0.39, 0.29) is 18.5 Å². The first-order chi connectivity index (χ1) is 9.16. The first-order valence-corrected chi connectivity index (χ1v) is 6.45. The molecule has 2 rings (SSSR count). The van der Waals surface area contributed by atoms with E-state index >= 15 is 0 Å². The van der Waals surface area contributed by atoms with Crippen LogP contribution in [0.1, 0.15) is 31.4 Å². The van der Waals surface area contributed by atoms with E-state index in [1.807, 2.05) is 6.07 Å². The molecule has 6 nitrogen and oxygen atoms in total. The first-order valence-electron chi connectivity index (χ1n) is 6.45. The molecule has 0 saturated heterocycles. The van der Waals surface area contributed by atoms with Gasteiger partial charge in [-0.2, -0.15) is 0 Å². The van der Waals surface area contributed by atoms with Crippen molar-refractivity contribution in [2.45, 2.75) is 38.3 Å². The number of hydrogen-bond acceptors (Lipinski definition) is 3. The lowest BCUT2D eigenvalue weighted by molar-refractivity contribution is -0.137. The van der Waals surface area contributed by atoms with E-state index in [1.54, 1.807) is 17.2 Å². The van der Waals surface area contributed by atoms with Gasteiger partial charge in [0.25, 0.3) is 0 Å². The maximum Gasteiger partial charge on any atom is 0.318 e. The summed E-state index contributed by atoms with van der Waals surface area (Å²) in [5.74, 6) is -0.0866. The summed E-state index contributed by atoms with van der Waals surface area (Å²) in [5, 5.41) is 11.3. The van der Waals surface area contributed by atoms with Crippen LogP contribution in [0.4, 0.5) is 4.79 Å². The molecule has 0 aliphatic heterocycles. The van der Waals surface area contributed by atoms with Gasteiger partial charge in [0.15, 0.2) is 0 Å². The van der Waals surface area contributed by atoms with Crippen molar-refractivity contribution in [1.29, 1.82) is 0 Å². The van der Waals surface area contributed by atoms with Crippen molar-refractivity contribution >= 4 is 12.0 Å². The number of carbonyl (C=O) groups is 2. The van der Waals surface area contributed by atoms with Crippen LogP contribution in [0.15, 0.2) is 22.8 Å². The van der Waals surface area contributed by atoms with Crippen LogP contribution in [-0.2, 0) is 11.3 Å². The van der Waals surface area contributed by atoms with Gasteiger partial charge in [-0.25, -0.2) is 4.79 Å². The van der Waals surface area contributed by atoms with Gasteiger partial charge in [0.1, 0.15) is 5.76 Å². The van der Waals surface area contributed by atoms with E-state index in [0.717, 1.165) is 18.6 Å². The predicted octanol–water partition coefficient (Wildman–Crippen LogP) is 1.82. The molecule has 1 aromatic rings. The summed E-state index contributed by atoms with van der Waals surface area (Å²) < 4.78 is 5.25. The van der Waals surface area contributed by atoms with Gasteiger partial charge >= 0.3 is 12.0 Å². The summed E-state index contributed by atoms with van der Waals surface area (Å²) in [6.07, 6.45) is 4.14. The number of aliphatic carboxylic acids is 1. The fourth-order valence-corrected chi connectivity index (χ4v) is 1.86. The minimum Gasteiger partial charge on any atom is -0.481 e. The Morgan fingerprint density at radius 2 is 2.26 bits per heavy atom. The zero-order valence-corrected chi connectivity index (χ0v) is 10.7. The van der Waals surface area contributed by atoms with E-state index < -0.39 is 5.97 Å². The van der Waals surface area contributed by atoms with Gasteiger partial charge in [-0.15, -0.1) is 0 Å². The molecular formula is C13H18N2O4. The molecule has 1 aliphatic carbocycles. The number of carboxylic acid groups (broad SMARTS) is 1. The van der Waals surface area contributed by atoms with E-state index in [2.05, 4.69) is 5.32 Å². The van der Waals surface area contributed by atoms with E-state index in [4.69, 9.17) is 9.52 Å². The van der Waals surface area contributed by atoms with Gasteiger partial charge in [-0.1, -0.05) is 0 Å². The van der Waals surface area contributed by atoms with Gasteiger partial charge in [0.2, 0.25) is 0 Å². The van der Waals surface area contributed by atoms with Crippen LogP contribution in [0.3, 0.4) is 0 Å². The molecule has 1 fully saturated rings. The molecular weight excluding hydrogens is 248 g/mol. The number of nitrogens with zero attached hydrogens (tertiary/aromatic N) is 1. The summed E-state index contributed by atoms with van der Waals surface area (Å²) in [6.45, 7) is 0.842. The summed E-state index contributed by atoms with van der Waals surface area (Å²) in [6, 6.07) is 3.77. The Morgan fingerprint density at radius 1 is 1.47 bits per heavy atom. The van der Waals surface area contributed by atoms with E-state index in [1.165, 1.54) is 0 Å². The molecule has 2 N–H and O–H groups in total. The smallest absolute Gasteiger partial charge is 0.318 e. The standard InChI is InChI=1S/C13H18N2O4/c16-12(17)4-1-7-14-13(18)15(10-5-6-10)9-11-3-2-8-19-11/h2-3,8,10H,1,4-7,9H2,(H,14,18)(H,16,17). The fraction of sp³-hybridized carbons (Fsp3) is 0.538. The monoisotopic (exact) mass is 266 g/mol. The third kappa shape index (κ3) is 4.31. The summed E-state index contributed by atoms with van der Waals surface area (Å²) in [4.78, 5) is 24.1. The van der Waals surface area contributed by atoms with Crippen molar-refractivity contribution in [3.05, 3.63) is 24.2 Å². The van der Waals surface area contributed by atoms with Gasteiger partial charge in [0.05, 0.1) is 12.8 Å². The average molecular weight is 266 g/mol. The highest BCUT2D eigenvalue weighted by Gasteiger charge is 2.32. The molecule has 1 aromatic heterocycles. The van der Waals surface area contributed by atoms with Crippen LogP contribution < -0.4 is 5.32 Å². The number of urea groups is 1. The van der Waals surface area contributed by atoms with Gasteiger partial charge in [-0.3, -0.25) is 4.79 Å². The van der Waals surface area contributed by atoms with E-state index in [0.29, 0.717) is 19.5 Å². The predicted molar refractivity (Wildman–Crippen MR) is 67.5 cm³/mol. The molecule has 0 radical (unpaired) electrons. The summed E-state index contributed by atoms with van der Waals surface area (Å²) >= 11 is 0. The molecule has 0 unspecified atom stereocenters. The van der Waals surface area contributed by atoms with Crippen LogP contribution >= 0.6 is 0 Å². The second kappa shape index (κ2) is 6.26. The third-order valence-corrected chi connectivity index (χ3v) is 3.00. The average Bonchev–Trinajstić information content (AvgIpc) is 3.08. The normalized spacial score (nSPS) is 14.1. The Labute approximate surface area is 111 Å². The molecule has 0 aromatic carbocycles. The lowest BCUT2D eigenvalue weighted by atomic mass is 10.3. The zero-order chi connectivity index (χ0) is 13.7. The number of amides is 2. The van der Waals surface area contributed by atoms with Gasteiger partial charge in [0, 0.05) is 19.0 Å². The summed E-state index contributed by atoms with van der Waals surface area (Å²) in [7, 11) is 0. The Morgan fingerprint density at radius 3 is 2.84 bits per heavy atom. The lowest BCUT2D eigenvalue weighted by Gasteiger charge is -2.21. The van der Waals surface area contributed by atoms with Crippen LogP contribution in [0.2, 0.25) is 0 Å². The van der Waals surface area contributed by atoms with Crippen molar-refractivity contribution in [1.82, 2.24) is 10.2 Å². The highest BCUT2D eigenvalue weighted by Crippen LogP contribution is 2.28. The number of nitrogens with one attached hydrogen (secondary N) is 1. The molecule has 2 amide bonds. The highest BCUT2D eigenvalue weighted by atomic mass is 16.4. The quantitative estimate of drug-likeness (QED) is 0.737. The number of rotatable bonds is 7. The number of hydrogen-bond donors (Lipinski definition) is 2. The fourth-order valence-electron chi connectivity index (χ4n) is 1.86. The maximum absolute atomic E-state index is 12.0. The topological polar surface area (TPSA) is 82.8 Å². The second-order valence-corrected chi connectivity index (χ2v) is 4.67. The summed E-state index contributed by atoms with van der Waals surface area (Å²) in [5.41, 5.74) is 0. The first kappa shape index (κ1) is 13.5. The molecule has 104 valence electrons. The van der Waals surface area contributed by atoms with Crippen LogP contribution in [-0.4, -0.2) is 34.6 Å². The Bertz CT molecular complexity index is 426. The van der Waals surface area contributed by atoms with E-state index in [9.17, 15) is 9.59 Å². The molecule has 19 heavy (non-hydrogen) atoms. The Balaban J connectivity index is 1.78. The van der Waals surface area contributed by atoms with Gasteiger partial charge < -0.3 is 19.7 Å². The lowest BCUT2D eigenvalue weighted by Crippen LogP contribution is -2.41. The molecule has 0 bridgehead atoms. The largest absolute Gasteiger partial charge is 0.481 e. The highest BCUT2D eigenvalue weighted by molar-refractivity contribution is 5.75. The molecule has 0 spiro atoms. The third-order valence-electron chi connectivity index (χ3n) is 3.00. The Hall–Kier alpha value is -1.98. The zero-order valence-electron chi connectivity index (χ0n) is 10.7. The van der Waals surface area contributed by atoms with Gasteiger partial charge in [-0.05, 0) is 31.4 Å². The van der Waals surface area contributed by atoms with Crippen LogP contribution in [0.25, 0.3) is 0 Å². The molecule has 6 heteroatoms. The minimum atomic E-state index is -0.844. The minimum absolute atomic E-state index is 0.0713. The maximum atomic E-state index is 12.0. The van der Waals surface area contributed by atoms with Crippen LogP contribution in [0, 0.1) is 0 Å². The molecule has 1 heterocycles. The number of carbonyl (C=O) groups excluding carboxylic acids is 1. The molecule has 0 atom stereocenters. The number of furan rings is 1. The van der Waals surface area contributed by atoms with Crippen molar-refractivity contribution in [2.75, 3.05) is 6.54 Å². The van der Waals surface area contributed by atoms with Crippen molar-refractivity contribution in [3.63, 3.8) is 0 Å². The van der Waals surface area contributed by atoms with Crippen molar-refractivity contribution in [3.8, 4) is 0 Å². The van der Waals surface area contributed by atoms with Crippen LogP contribution in [0.5, 0.6) is 0 Å². The SMILES string of the molecule is O=C(O)CCCNC(=O)N(Cc1ccco1)C1CC1.